The van der Waals surface area contributed by atoms with Gasteiger partial charge in [0, 0.05) is 5.69 Å². The Morgan fingerprint density at radius 1 is 1.04 bits per heavy atom. The molecule has 0 spiro atoms. The molecule has 2 N–H and O–H groups in total. The number of thiophene rings is 1. The largest absolute Gasteiger partial charge is 0.458 e. The Morgan fingerprint density at radius 3 is 2.48 bits per heavy atom. The van der Waals surface area contributed by atoms with Gasteiger partial charge < -0.3 is 15.1 Å². The number of carbonyl (C=O) groups is 2. The predicted octanol–water partition coefficient (Wildman–Crippen LogP) is 3.88. The number of hydrogen-bond acceptors (Lipinski definition) is 4. The molecule has 3 aromatic rings. The lowest BCUT2D eigenvalue weighted by molar-refractivity contribution is -0.136. The maximum Gasteiger partial charge on any atom is 0.313 e. The Balaban J connectivity index is 1.56. The van der Waals surface area contributed by atoms with Crippen LogP contribution < -0.4 is 10.6 Å². The second kappa shape index (κ2) is 7.36. The van der Waals surface area contributed by atoms with Crippen LogP contribution in [0.15, 0.2) is 52.3 Å². The van der Waals surface area contributed by atoms with Crippen molar-refractivity contribution in [3.63, 3.8) is 0 Å². The summed E-state index contributed by atoms with van der Waals surface area (Å²) in [5.41, 5.74) is 2.65. The summed E-state index contributed by atoms with van der Waals surface area (Å²) in [7, 11) is 0. The summed E-state index contributed by atoms with van der Waals surface area (Å²) in [6, 6.07) is 13.2. The SMILES string of the molecule is Cc1cc(C)cc(NC(=O)C(=O)NCc2ccc(-c3cccs3)o2)c1. The van der Waals surface area contributed by atoms with Crippen LogP contribution in [0.5, 0.6) is 0 Å². The Kier molecular flexibility index (Phi) is 5.00. The third-order valence-electron chi connectivity index (χ3n) is 3.53. The van der Waals surface area contributed by atoms with Crippen LogP contribution in [-0.4, -0.2) is 11.8 Å². The quantitative estimate of drug-likeness (QED) is 0.699. The first-order valence-electron chi connectivity index (χ1n) is 7.81. The smallest absolute Gasteiger partial charge is 0.313 e. The fourth-order valence-corrected chi connectivity index (χ4v) is 3.19. The van der Waals surface area contributed by atoms with Crippen LogP contribution in [0.3, 0.4) is 0 Å². The minimum atomic E-state index is -0.701. The van der Waals surface area contributed by atoms with E-state index in [4.69, 9.17) is 4.42 Å². The minimum Gasteiger partial charge on any atom is -0.458 e. The molecule has 0 fully saturated rings. The molecule has 0 radical (unpaired) electrons. The van der Waals surface area contributed by atoms with Crippen LogP contribution in [0.2, 0.25) is 0 Å². The zero-order chi connectivity index (χ0) is 17.8. The molecule has 0 atom stereocenters. The molecule has 6 heteroatoms. The highest BCUT2D eigenvalue weighted by Crippen LogP contribution is 2.26. The van der Waals surface area contributed by atoms with Gasteiger partial charge in [0.1, 0.15) is 11.5 Å². The number of rotatable bonds is 4. The first-order valence-corrected chi connectivity index (χ1v) is 8.69. The van der Waals surface area contributed by atoms with E-state index in [1.165, 1.54) is 0 Å². The number of anilines is 1. The van der Waals surface area contributed by atoms with Gasteiger partial charge in [-0.25, -0.2) is 0 Å². The van der Waals surface area contributed by atoms with Gasteiger partial charge in [0.2, 0.25) is 0 Å². The third kappa shape index (κ3) is 4.36. The number of aryl methyl sites for hydroxylation is 2. The number of carbonyl (C=O) groups excluding carboxylic acids is 2. The van der Waals surface area contributed by atoms with E-state index in [9.17, 15) is 9.59 Å². The van der Waals surface area contributed by atoms with E-state index in [0.29, 0.717) is 11.4 Å². The Bertz CT molecular complexity index is 877. The first-order chi connectivity index (χ1) is 12.0. The van der Waals surface area contributed by atoms with Crippen molar-refractivity contribution in [2.24, 2.45) is 0 Å². The molecular weight excluding hydrogens is 336 g/mol. The van der Waals surface area contributed by atoms with Crippen molar-refractivity contribution in [1.29, 1.82) is 0 Å². The molecule has 2 heterocycles. The third-order valence-corrected chi connectivity index (χ3v) is 4.42. The highest BCUT2D eigenvalue weighted by Gasteiger charge is 2.15. The lowest BCUT2D eigenvalue weighted by atomic mass is 10.1. The van der Waals surface area contributed by atoms with Gasteiger partial charge in [-0.05, 0) is 60.7 Å². The molecule has 128 valence electrons. The fourth-order valence-electron chi connectivity index (χ4n) is 2.51. The van der Waals surface area contributed by atoms with E-state index < -0.39 is 11.8 Å². The van der Waals surface area contributed by atoms with Gasteiger partial charge in [-0.3, -0.25) is 9.59 Å². The van der Waals surface area contributed by atoms with Gasteiger partial charge in [-0.2, -0.15) is 0 Å². The minimum absolute atomic E-state index is 0.157. The molecule has 0 saturated carbocycles. The standard InChI is InChI=1S/C19H18N2O3S/c1-12-8-13(2)10-14(9-12)21-19(23)18(22)20-11-15-5-6-16(24-15)17-4-3-7-25-17/h3-10H,11H2,1-2H3,(H,20,22)(H,21,23). The maximum absolute atomic E-state index is 12.0. The Hall–Kier alpha value is -2.86. The predicted molar refractivity (Wildman–Crippen MR) is 98.4 cm³/mol. The van der Waals surface area contributed by atoms with Crippen molar-refractivity contribution in [3.8, 4) is 10.6 Å². The van der Waals surface area contributed by atoms with Gasteiger partial charge in [0.25, 0.3) is 0 Å². The first kappa shape index (κ1) is 17.0. The maximum atomic E-state index is 12.0. The number of hydrogen-bond donors (Lipinski definition) is 2. The zero-order valence-electron chi connectivity index (χ0n) is 14.0. The van der Waals surface area contributed by atoms with E-state index in [-0.39, 0.29) is 6.54 Å². The molecule has 2 aromatic heterocycles. The van der Waals surface area contributed by atoms with Crippen LogP contribution in [0.1, 0.15) is 16.9 Å². The van der Waals surface area contributed by atoms with Crippen molar-refractivity contribution < 1.29 is 14.0 Å². The van der Waals surface area contributed by atoms with Gasteiger partial charge in [-0.1, -0.05) is 12.1 Å². The topological polar surface area (TPSA) is 71.3 Å². The van der Waals surface area contributed by atoms with Crippen molar-refractivity contribution in [2.45, 2.75) is 20.4 Å². The molecular formula is C19H18N2O3S. The normalized spacial score (nSPS) is 10.5. The molecule has 0 saturated heterocycles. The average Bonchev–Trinajstić information content (AvgIpc) is 3.22. The lowest BCUT2D eigenvalue weighted by Crippen LogP contribution is -2.34. The fraction of sp³-hybridized carbons (Fsp3) is 0.158. The number of benzene rings is 1. The molecule has 0 unspecified atom stereocenters. The molecule has 5 nitrogen and oxygen atoms in total. The molecule has 0 aliphatic rings. The molecule has 0 aliphatic carbocycles. The second-order valence-electron chi connectivity index (χ2n) is 5.76. The van der Waals surface area contributed by atoms with Crippen LogP contribution in [-0.2, 0) is 16.1 Å². The molecule has 0 aliphatic heterocycles. The van der Waals surface area contributed by atoms with E-state index in [0.717, 1.165) is 21.8 Å². The molecule has 3 rings (SSSR count). The summed E-state index contributed by atoms with van der Waals surface area (Å²) >= 11 is 1.58. The van der Waals surface area contributed by atoms with Crippen LogP contribution in [0.4, 0.5) is 5.69 Å². The number of amides is 2. The zero-order valence-corrected chi connectivity index (χ0v) is 14.8. The van der Waals surface area contributed by atoms with Crippen LogP contribution in [0, 0.1) is 13.8 Å². The lowest BCUT2D eigenvalue weighted by Gasteiger charge is -2.07. The summed E-state index contributed by atoms with van der Waals surface area (Å²) in [6.45, 7) is 4.03. The van der Waals surface area contributed by atoms with E-state index in [2.05, 4.69) is 10.6 Å². The monoisotopic (exact) mass is 354 g/mol. The van der Waals surface area contributed by atoms with Crippen molar-refractivity contribution in [2.75, 3.05) is 5.32 Å². The summed E-state index contributed by atoms with van der Waals surface area (Å²) in [5.74, 6) is -0.0573. The summed E-state index contributed by atoms with van der Waals surface area (Å²) < 4.78 is 5.67. The van der Waals surface area contributed by atoms with Gasteiger partial charge in [0.05, 0.1) is 11.4 Å². The van der Waals surface area contributed by atoms with Crippen molar-refractivity contribution >= 4 is 28.8 Å². The van der Waals surface area contributed by atoms with Crippen molar-refractivity contribution in [3.05, 3.63) is 64.7 Å². The highest BCUT2D eigenvalue weighted by molar-refractivity contribution is 7.13. The van der Waals surface area contributed by atoms with Crippen LogP contribution in [0.25, 0.3) is 10.6 Å². The average molecular weight is 354 g/mol. The van der Waals surface area contributed by atoms with Crippen LogP contribution >= 0.6 is 11.3 Å². The Morgan fingerprint density at radius 2 is 1.80 bits per heavy atom. The summed E-state index contributed by atoms with van der Waals surface area (Å²) in [5, 5.41) is 7.14. The summed E-state index contributed by atoms with van der Waals surface area (Å²) in [6.07, 6.45) is 0. The number of furan rings is 1. The van der Waals surface area contributed by atoms with E-state index in [1.807, 2.05) is 55.6 Å². The molecule has 2 amide bonds. The van der Waals surface area contributed by atoms with Gasteiger partial charge in [0.15, 0.2) is 0 Å². The second-order valence-corrected chi connectivity index (χ2v) is 6.70. The van der Waals surface area contributed by atoms with Gasteiger partial charge >= 0.3 is 11.8 Å². The Labute approximate surface area is 149 Å². The number of nitrogens with one attached hydrogen (secondary N) is 2. The van der Waals surface area contributed by atoms with E-state index in [1.54, 1.807) is 17.4 Å². The molecule has 25 heavy (non-hydrogen) atoms. The van der Waals surface area contributed by atoms with Crippen molar-refractivity contribution in [1.82, 2.24) is 5.32 Å². The van der Waals surface area contributed by atoms with E-state index >= 15 is 0 Å². The molecule has 0 bridgehead atoms. The summed E-state index contributed by atoms with van der Waals surface area (Å²) in [4.78, 5) is 25.0. The van der Waals surface area contributed by atoms with Gasteiger partial charge in [-0.15, -0.1) is 11.3 Å². The highest BCUT2D eigenvalue weighted by atomic mass is 32.1. The molecule has 1 aromatic carbocycles.